The van der Waals surface area contributed by atoms with Gasteiger partial charge in [0.1, 0.15) is 0 Å². The summed E-state index contributed by atoms with van der Waals surface area (Å²) in [6.07, 6.45) is 7.90. The molecule has 2 heteroatoms. The van der Waals surface area contributed by atoms with Crippen LogP contribution in [0.25, 0.3) is 6.08 Å². The molecule has 0 spiro atoms. The minimum Gasteiger partial charge on any atom is -0.376 e. The fourth-order valence-corrected chi connectivity index (χ4v) is 1.26. The molecule has 0 saturated heterocycles. The predicted molar refractivity (Wildman–Crippen MR) is 44.7 cm³/mol. The molecule has 2 rings (SSSR count). The van der Waals surface area contributed by atoms with Crippen LogP contribution in [0.5, 0.6) is 0 Å². The summed E-state index contributed by atoms with van der Waals surface area (Å²) in [5, 5.41) is 0. The molecule has 56 valence electrons. The zero-order valence-corrected chi connectivity index (χ0v) is 6.49. The topological polar surface area (TPSA) is 16.1 Å². The Bertz CT molecular complexity index is 291. The van der Waals surface area contributed by atoms with Gasteiger partial charge in [-0.15, -0.1) is 0 Å². The first-order chi connectivity index (χ1) is 5.36. The van der Waals surface area contributed by atoms with E-state index >= 15 is 0 Å². The van der Waals surface area contributed by atoms with Crippen LogP contribution >= 0.6 is 0 Å². The number of hydrogen-bond acceptors (Lipinski definition) is 2. The normalized spacial score (nSPS) is 14.8. The summed E-state index contributed by atoms with van der Waals surface area (Å²) in [6, 6.07) is 2.06. The van der Waals surface area contributed by atoms with Gasteiger partial charge in [0, 0.05) is 26.0 Å². The number of nitrogens with zero attached hydrogens (tertiary/aromatic N) is 2. The molecule has 0 aromatic carbocycles. The summed E-state index contributed by atoms with van der Waals surface area (Å²) in [4.78, 5) is 6.21. The van der Waals surface area contributed by atoms with Crippen LogP contribution in [0, 0.1) is 0 Å². The van der Waals surface area contributed by atoms with Gasteiger partial charge in [-0.05, 0) is 29.5 Å². The van der Waals surface area contributed by atoms with E-state index in [0.717, 1.165) is 6.54 Å². The van der Waals surface area contributed by atoms with E-state index in [0.29, 0.717) is 0 Å². The Morgan fingerprint density at radius 3 is 3.36 bits per heavy atom. The summed E-state index contributed by atoms with van der Waals surface area (Å²) in [7, 11) is 2.07. The molecule has 0 fully saturated rings. The highest BCUT2D eigenvalue weighted by molar-refractivity contribution is 5.53. The van der Waals surface area contributed by atoms with Crippen LogP contribution in [0.3, 0.4) is 0 Å². The van der Waals surface area contributed by atoms with Crippen LogP contribution in [-0.2, 0) is 6.54 Å². The van der Waals surface area contributed by atoms with Gasteiger partial charge in [-0.2, -0.15) is 0 Å². The Morgan fingerprint density at radius 1 is 1.55 bits per heavy atom. The van der Waals surface area contributed by atoms with Crippen molar-refractivity contribution in [3.8, 4) is 0 Å². The minimum atomic E-state index is 0.994. The van der Waals surface area contributed by atoms with Gasteiger partial charge in [0.25, 0.3) is 0 Å². The summed E-state index contributed by atoms with van der Waals surface area (Å²) in [5.41, 5.74) is 2.59. The Morgan fingerprint density at radius 2 is 2.45 bits per heavy atom. The van der Waals surface area contributed by atoms with E-state index in [-0.39, 0.29) is 0 Å². The van der Waals surface area contributed by atoms with Crippen molar-refractivity contribution in [2.24, 2.45) is 0 Å². The molecule has 0 atom stereocenters. The number of fused-ring (bicyclic) bond motifs is 1. The lowest BCUT2D eigenvalue weighted by molar-refractivity contribution is 0.447. The van der Waals surface area contributed by atoms with Crippen LogP contribution in [0.15, 0.2) is 24.7 Å². The third-order valence-corrected chi connectivity index (χ3v) is 1.87. The van der Waals surface area contributed by atoms with Crippen LogP contribution in [0.2, 0.25) is 0 Å². The highest BCUT2D eigenvalue weighted by Gasteiger charge is 2.05. The lowest BCUT2D eigenvalue weighted by Crippen LogP contribution is -2.14. The molecule has 0 aliphatic carbocycles. The van der Waals surface area contributed by atoms with E-state index in [9.17, 15) is 0 Å². The third kappa shape index (κ3) is 1.11. The number of rotatable bonds is 0. The van der Waals surface area contributed by atoms with Gasteiger partial charge < -0.3 is 4.90 Å². The van der Waals surface area contributed by atoms with Crippen molar-refractivity contribution in [1.82, 2.24) is 9.88 Å². The monoisotopic (exact) mass is 146 g/mol. The maximum Gasteiger partial charge on any atom is 0.0427 e. The van der Waals surface area contributed by atoms with Crippen molar-refractivity contribution in [3.05, 3.63) is 35.8 Å². The fourth-order valence-electron chi connectivity index (χ4n) is 1.26. The molecule has 2 heterocycles. The fraction of sp³-hybridized carbons (Fsp3) is 0.222. The maximum absolute atomic E-state index is 4.05. The molecule has 1 aliphatic rings. The first-order valence-electron chi connectivity index (χ1n) is 3.67. The molecule has 0 saturated carbocycles. The largest absolute Gasteiger partial charge is 0.376 e. The molecule has 2 nitrogen and oxygen atoms in total. The van der Waals surface area contributed by atoms with Crippen LogP contribution < -0.4 is 0 Å². The number of aromatic nitrogens is 1. The molecule has 0 bridgehead atoms. The van der Waals surface area contributed by atoms with Gasteiger partial charge in [0.05, 0.1) is 0 Å². The van der Waals surface area contributed by atoms with E-state index in [1.54, 1.807) is 0 Å². The van der Waals surface area contributed by atoms with Crippen molar-refractivity contribution in [2.75, 3.05) is 7.05 Å². The highest BCUT2D eigenvalue weighted by atomic mass is 15.1. The smallest absolute Gasteiger partial charge is 0.0427 e. The first-order valence-corrected chi connectivity index (χ1v) is 3.67. The molecule has 0 unspecified atom stereocenters. The molecule has 1 aromatic heterocycles. The third-order valence-electron chi connectivity index (χ3n) is 1.87. The summed E-state index contributed by atoms with van der Waals surface area (Å²) < 4.78 is 0. The van der Waals surface area contributed by atoms with Crippen molar-refractivity contribution in [3.63, 3.8) is 0 Å². The highest BCUT2D eigenvalue weighted by Crippen LogP contribution is 2.16. The summed E-state index contributed by atoms with van der Waals surface area (Å²) in [5.74, 6) is 0. The summed E-state index contributed by atoms with van der Waals surface area (Å²) >= 11 is 0. The molecule has 1 aliphatic heterocycles. The maximum atomic E-state index is 4.05. The predicted octanol–water partition coefficient (Wildman–Crippen LogP) is 1.50. The zero-order valence-electron chi connectivity index (χ0n) is 6.49. The van der Waals surface area contributed by atoms with E-state index in [4.69, 9.17) is 0 Å². The Balaban J connectivity index is 2.46. The lowest BCUT2D eigenvalue weighted by atomic mass is 10.1. The molecule has 11 heavy (non-hydrogen) atoms. The van der Waals surface area contributed by atoms with Crippen molar-refractivity contribution < 1.29 is 0 Å². The van der Waals surface area contributed by atoms with Crippen molar-refractivity contribution in [2.45, 2.75) is 6.54 Å². The van der Waals surface area contributed by atoms with Crippen LogP contribution in [-0.4, -0.2) is 16.9 Å². The van der Waals surface area contributed by atoms with Gasteiger partial charge in [-0.25, -0.2) is 0 Å². The van der Waals surface area contributed by atoms with Gasteiger partial charge in [0.2, 0.25) is 0 Å². The average molecular weight is 146 g/mol. The molecular formula is C9H10N2. The van der Waals surface area contributed by atoms with Gasteiger partial charge in [0.15, 0.2) is 0 Å². The molecular weight excluding hydrogens is 136 g/mol. The zero-order chi connectivity index (χ0) is 7.68. The van der Waals surface area contributed by atoms with E-state index < -0.39 is 0 Å². The SMILES string of the molecule is CN1C=Cc2cnccc2C1. The second-order valence-electron chi connectivity index (χ2n) is 2.81. The standard InChI is InChI=1S/C9H10N2/c1-11-5-3-8-6-10-4-2-9(8)7-11/h2-6H,7H2,1H3. The van der Waals surface area contributed by atoms with Crippen LogP contribution in [0.4, 0.5) is 0 Å². The lowest BCUT2D eigenvalue weighted by Gasteiger charge is -2.19. The van der Waals surface area contributed by atoms with E-state index in [2.05, 4.69) is 35.3 Å². The van der Waals surface area contributed by atoms with Gasteiger partial charge >= 0.3 is 0 Å². The van der Waals surface area contributed by atoms with Crippen LogP contribution in [0.1, 0.15) is 11.1 Å². The van der Waals surface area contributed by atoms with Gasteiger partial charge in [-0.3, -0.25) is 4.98 Å². The summed E-state index contributed by atoms with van der Waals surface area (Å²) in [6.45, 7) is 0.994. The molecule has 0 amide bonds. The van der Waals surface area contributed by atoms with E-state index in [1.807, 2.05) is 12.4 Å². The van der Waals surface area contributed by atoms with E-state index in [1.165, 1.54) is 11.1 Å². The van der Waals surface area contributed by atoms with Crippen molar-refractivity contribution >= 4 is 6.08 Å². The second-order valence-corrected chi connectivity index (χ2v) is 2.81. The minimum absolute atomic E-state index is 0.994. The Hall–Kier alpha value is -1.31. The number of pyridine rings is 1. The van der Waals surface area contributed by atoms with Gasteiger partial charge in [-0.1, -0.05) is 0 Å². The Labute approximate surface area is 66.2 Å². The molecule has 0 radical (unpaired) electrons. The second kappa shape index (κ2) is 2.38. The molecule has 0 N–H and O–H groups in total. The average Bonchev–Trinajstić information content (AvgIpc) is 2.04. The van der Waals surface area contributed by atoms with Crippen molar-refractivity contribution in [1.29, 1.82) is 0 Å². The molecule has 1 aromatic rings. The first kappa shape index (κ1) is 6.40. The quantitative estimate of drug-likeness (QED) is 0.551. The number of hydrogen-bond donors (Lipinski definition) is 0. The Kier molecular flexibility index (Phi) is 1.39.